The van der Waals surface area contributed by atoms with Gasteiger partial charge in [-0.2, -0.15) is 5.10 Å². The quantitative estimate of drug-likeness (QED) is 0.438. The predicted octanol–water partition coefficient (Wildman–Crippen LogP) is 4.43. The van der Waals surface area contributed by atoms with E-state index in [-0.39, 0.29) is 5.91 Å². The molecule has 0 saturated carbocycles. The number of nitrogens with zero attached hydrogens (tertiary/aromatic N) is 4. The van der Waals surface area contributed by atoms with Gasteiger partial charge < -0.3 is 15.4 Å². The van der Waals surface area contributed by atoms with E-state index in [0.29, 0.717) is 33.1 Å². The van der Waals surface area contributed by atoms with Crippen molar-refractivity contribution in [2.45, 2.75) is 0 Å². The maximum absolute atomic E-state index is 12.6. The van der Waals surface area contributed by atoms with E-state index in [1.54, 1.807) is 54.5 Å². The highest BCUT2D eigenvalue weighted by Gasteiger charge is 2.12. The third-order valence-corrected chi connectivity index (χ3v) is 4.91. The number of amides is 1. The molecule has 8 nitrogen and oxygen atoms in total. The number of hydrogen-bond acceptors (Lipinski definition) is 6. The summed E-state index contributed by atoms with van der Waals surface area (Å²) in [6.45, 7) is 0. The molecular formula is C21H17BrN6O2. The van der Waals surface area contributed by atoms with Gasteiger partial charge in [-0.25, -0.2) is 4.68 Å². The van der Waals surface area contributed by atoms with Gasteiger partial charge in [-0.15, -0.1) is 10.2 Å². The first-order valence-electron chi connectivity index (χ1n) is 8.98. The van der Waals surface area contributed by atoms with Gasteiger partial charge in [-0.1, -0.05) is 0 Å². The molecule has 2 N–H and O–H groups in total. The summed E-state index contributed by atoms with van der Waals surface area (Å²) in [7, 11) is 1.56. The fourth-order valence-electron chi connectivity index (χ4n) is 2.71. The highest BCUT2D eigenvalue weighted by molar-refractivity contribution is 9.10. The van der Waals surface area contributed by atoms with Gasteiger partial charge in [0.1, 0.15) is 5.75 Å². The third-order valence-electron chi connectivity index (χ3n) is 4.22. The highest BCUT2D eigenvalue weighted by atomic mass is 79.9. The SMILES string of the molecule is COc1ccc(Br)c(C(=O)Nc2ccc(Nc3ccc(-n4cccn4)nn3)cc2)c1. The first kappa shape index (κ1) is 19.6. The molecular weight excluding hydrogens is 448 g/mol. The van der Waals surface area contributed by atoms with E-state index in [1.165, 1.54) is 0 Å². The molecule has 30 heavy (non-hydrogen) atoms. The Labute approximate surface area is 181 Å². The molecule has 0 aliphatic rings. The summed E-state index contributed by atoms with van der Waals surface area (Å²) in [6, 6.07) is 18.0. The Morgan fingerprint density at radius 2 is 1.83 bits per heavy atom. The molecule has 0 saturated heterocycles. The van der Waals surface area contributed by atoms with Crippen LogP contribution in [0.4, 0.5) is 17.2 Å². The fraction of sp³-hybridized carbons (Fsp3) is 0.0476. The zero-order valence-electron chi connectivity index (χ0n) is 15.9. The monoisotopic (exact) mass is 464 g/mol. The van der Waals surface area contributed by atoms with E-state index in [2.05, 4.69) is 41.9 Å². The van der Waals surface area contributed by atoms with E-state index < -0.39 is 0 Å². The van der Waals surface area contributed by atoms with Gasteiger partial charge in [-0.3, -0.25) is 4.79 Å². The summed E-state index contributed by atoms with van der Waals surface area (Å²) in [5.74, 6) is 1.61. The standard InChI is InChI=1S/C21H17BrN6O2/c1-30-16-7-8-18(22)17(13-16)21(29)25-15-5-3-14(4-6-15)24-19-9-10-20(27-26-19)28-12-2-11-23-28/h2-13H,1H3,(H,24,26)(H,25,29). The second kappa shape index (κ2) is 8.75. The molecule has 0 bridgehead atoms. The van der Waals surface area contributed by atoms with Crippen molar-refractivity contribution in [1.82, 2.24) is 20.0 Å². The van der Waals surface area contributed by atoms with Crippen molar-refractivity contribution >= 4 is 39.0 Å². The minimum absolute atomic E-state index is 0.235. The highest BCUT2D eigenvalue weighted by Crippen LogP contribution is 2.24. The Morgan fingerprint density at radius 3 is 2.50 bits per heavy atom. The number of methoxy groups -OCH3 is 1. The number of nitrogens with one attached hydrogen (secondary N) is 2. The van der Waals surface area contributed by atoms with Crippen LogP contribution >= 0.6 is 15.9 Å². The summed E-state index contributed by atoms with van der Waals surface area (Å²) < 4.78 is 7.51. The summed E-state index contributed by atoms with van der Waals surface area (Å²) in [5, 5.41) is 18.5. The van der Waals surface area contributed by atoms with Crippen LogP contribution in [0.2, 0.25) is 0 Å². The van der Waals surface area contributed by atoms with Gasteiger partial charge in [0, 0.05) is 28.2 Å². The second-order valence-corrected chi connectivity index (χ2v) is 7.08. The molecule has 150 valence electrons. The van der Waals surface area contributed by atoms with Crippen molar-refractivity contribution in [3.05, 3.63) is 83.1 Å². The van der Waals surface area contributed by atoms with Crippen LogP contribution < -0.4 is 15.4 Å². The van der Waals surface area contributed by atoms with Crippen LogP contribution in [0, 0.1) is 0 Å². The van der Waals surface area contributed by atoms with Gasteiger partial charge in [0.05, 0.1) is 12.7 Å². The lowest BCUT2D eigenvalue weighted by atomic mass is 10.2. The summed E-state index contributed by atoms with van der Waals surface area (Å²) in [5.41, 5.74) is 1.97. The minimum atomic E-state index is -0.235. The van der Waals surface area contributed by atoms with Crippen LogP contribution in [0.3, 0.4) is 0 Å². The van der Waals surface area contributed by atoms with Crippen molar-refractivity contribution in [2.75, 3.05) is 17.7 Å². The molecule has 0 unspecified atom stereocenters. The van der Waals surface area contributed by atoms with Crippen molar-refractivity contribution in [3.63, 3.8) is 0 Å². The topological polar surface area (TPSA) is 94.0 Å². The average Bonchev–Trinajstić information content (AvgIpc) is 3.31. The van der Waals surface area contributed by atoms with E-state index in [0.717, 1.165) is 5.69 Å². The molecule has 0 fully saturated rings. The largest absolute Gasteiger partial charge is 0.497 e. The van der Waals surface area contributed by atoms with Gasteiger partial charge in [0.15, 0.2) is 11.6 Å². The normalized spacial score (nSPS) is 10.5. The maximum Gasteiger partial charge on any atom is 0.256 e. The smallest absolute Gasteiger partial charge is 0.256 e. The Bertz CT molecular complexity index is 1150. The molecule has 0 radical (unpaired) electrons. The van der Waals surface area contributed by atoms with Crippen LogP contribution in [0.1, 0.15) is 10.4 Å². The molecule has 0 atom stereocenters. The number of hydrogen-bond donors (Lipinski definition) is 2. The lowest BCUT2D eigenvalue weighted by molar-refractivity contribution is 0.102. The van der Waals surface area contributed by atoms with Crippen molar-refractivity contribution in [1.29, 1.82) is 0 Å². The van der Waals surface area contributed by atoms with Crippen LogP contribution in [0.15, 0.2) is 77.5 Å². The number of anilines is 3. The lowest BCUT2D eigenvalue weighted by Gasteiger charge is -2.10. The minimum Gasteiger partial charge on any atom is -0.497 e. The van der Waals surface area contributed by atoms with Crippen molar-refractivity contribution < 1.29 is 9.53 Å². The fourth-order valence-corrected chi connectivity index (χ4v) is 3.13. The Hall–Kier alpha value is -3.72. The molecule has 2 aromatic carbocycles. The van der Waals surface area contributed by atoms with E-state index in [9.17, 15) is 4.79 Å². The van der Waals surface area contributed by atoms with Crippen LogP contribution in [-0.4, -0.2) is 33.0 Å². The third kappa shape index (κ3) is 4.47. The van der Waals surface area contributed by atoms with Gasteiger partial charge >= 0.3 is 0 Å². The number of halogens is 1. The van der Waals surface area contributed by atoms with E-state index in [1.807, 2.05) is 30.3 Å². The lowest BCUT2D eigenvalue weighted by Crippen LogP contribution is -2.12. The Morgan fingerprint density at radius 1 is 1.03 bits per heavy atom. The molecule has 2 aromatic heterocycles. The molecule has 0 aliphatic heterocycles. The number of carbonyl (C=O) groups excluding carboxylic acids is 1. The van der Waals surface area contributed by atoms with Crippen molar-refractivity contribution in [3.8, 4) is 11.6 Å². The molecule has 1 amide bonds. The van der Waals surface area contributed by atoms with Crippen molar-refractivity contribution in [2.24, 2.45) is 0 Å². The molecule has 4 rings (SSSR count). The van der Waals surface area contributed by atoms with Gasteiger partial charge in [0.2, 0.25) is 0 Å². The molecule has 9 heteroatoms. The zero-order chi connectivity index (χ0) is 20.9. The first-order chi connectivity index (χ1) is 14.6. The Kier molecular flexibility index (Phi) is 5.71. The van der Waals surface area contributed by atoms with Gasteiger partial charge in [-0.05, 0) is 76.6 Å². The maximum atomic E-state index is 12.6. The molecule has 0 aliphatic carbocycles. The summed E-state index contributed by atoms with van der Waals surface area (Å²) in [6.07, 6.45) is 3.48. The molecule has 0 spiro atoms. The van der Waals surface area contributed by atoms with Crippen LogP contribution in [0.5, 0.6) is 5.75 Å². The average molecular weight is 465 g/mol. The van der Waals surface area contributed by atoms with E-state index in [4.69, 9.17) is 4.74 Å². The van der Waals surface area contributed by atoms with Crippen LogP contribution in [0.25, 0.3) is 5.82 Å². The number of rotatable bonds is 6. The summed E-state index contributed by atoms with van der Waals surface area (Å²) >= 11 is 3.40. The first-order valence-corrected chi connectivity index (χ1v) is 9.77. The van der Waals surface area contributed by atoms with E-state index >= 15 is 0 Å². The molecule has 4 aromatic rings. The molecule has 2 heterocycles. The zero-order valence-corrected chi connectivity index (χ0v) is 17.5. The van der Waals surface area contributed by atoms with Crippen LogP contribution in [-0.2, 0) is 0 Å². The number of carbonyl (C=O) groups is 1. The second-order valence-electron chi connectivity index (χ2n) is 6.23. The summed E-state index contributed by atoms with van der Waals surface area (Å²) in [4.78, 5) is 12.6. The Balaban J connectivity index is 1.41. The number of ether oxygens (including phenoxy) is 1. The number of benzene rings is 2. The van der Waals surface area contributed by atoms with Gasteiger partial charge in [0.25, 0.3) is 5.91 Å². The predicted molar refractivity (Wildman–Crippen MR) is 118 cm³/mol. The number of aromatic nitrogens is 4.